The number of hydrogen-bond donors (Lipinski definition) is 0. The lowest BCUT2D eigenvalue weighted by molar-refractivity contribution is 0.186. The minimum atomic E-state index is 0.00121. The molecule has 0 amide bonds. The molecule has 1 aromatic carbocycles. The molecule has 0 saturated carbocycles. The molecule has 0 aliphatic rings. The Labute approximate surface area is 165 Å². The lowest BCUT2D eigenvalue weighted by atomic mass is 10.1. The van der Waals surface area contributed by atoms with Gasteiger partial charge in [-0.15, -0.1) is 22.7 Å². The van der Waals surface area contributed by atoms with Gasteiger partial charge in [0.25, 0.3) is 5.56 Å². The molecule has 0 radical (unpaired) electrons. The van der Waals surface area contributed by atoms with E-state index in [2.05, 4.69) is 19.1 Å². The normalized spacial score (nSPS) is 11.4. The molecular weight excluding hydrogens is 376 g/mol. The largest absolute Gasteiger partial charge is 0.383 e. The summed E-state index contributed by atoms with van der Waals surface area (Å²) in [5.41, 5.74) is 3.11. The number of nitrogens with zero attached hydrogens (tertiary/aromatic N) is 2. The first-order chi connectivity index (χ1) is 13.1. The molecule has 0 N–H and O–H groups in total. The third kappa shape index (κ3) is 3.25. The van der Waals surface area contributed by atoms with Gasteiger partial charge in [0.15, 0.2) is 0 Å². The van der Waals surface area contributed by atoms with E-state index in [1.807, 2.05) is 36.6 Å². The Morgan fingerprint density at radius 1 is 1.19 bits per heavy atom. The number of methoxy groups -OCH3 is 1. The van der Waals surface area contributed by atoms with Crippen LogP contribution in [-0.4, -0.2) is 23.3 Å². The molecule has 0 spiro atoms. The molecule has 0 saturated heterocycles. The van der Waals surface area contributed by atoms with E-state index in [0.717, 1.165) is 31.3 Å². The summed E-state index contributed by atoms with van der Waals surface area (Å²) in [6, 6.07) is 12.2. The zero-order valence-electron chi connectivity index (χ0n) is 15.5. The first kappa shape index (κ1) is 18.1. The zero-order chi connectivity index (χ0) is 19.0. The van der Waals surface area contributed by atoms with E-state index >= 15 is 0 Å². The van der Waals surface area contributed by atoms with Gasteiger partial charge in [-0.1, -0.05) is 29.8 Å². The lowest BCUT2D eigenvalue weighted by Crippen LogP contribution is -2.25. The Morgan fingerprint density at radius 3 is 2.74 bits per heavy atom. The zero-order valence-corrected chi connectivity index (χ0v) is 17.1. The maximum Gasteiger partial charge on any atom is 0.263 e. The molecule has 0 fully saturated rings. The van der Waals surface area contributed by atoms with E-state index in [0.29, 0.717) is 24.4 Å². The average molecular weight is 397 g/mol. The van der Waals surface area contributed by atoms with Crippen molar-refractivity contribution in [2.75, 3.05) is 13.7 Å². The molecule has 3 aromatic heterocycles. The molecule has 0 atom stereocenters. The second-order valence-electron chi connectivity index (χ2n) is 6.45. The van der Waals surface area contributed by atoms with Gasteiger partial charge in [0.1, 0.15) is 10.7 Å². The second-order valence-corrected chi connectivity index (χ2v) is 8.60. The number of aromatic nitrogens is 2. The standard InChI is InChI=1S/C21H20N2O2S2/c1-13-6-4-7-15(12-13)19-22-20-18(21(24)23(19)9-10-25-3)17(14(2)27-20)16-8-5-11-26-16/h4-8,11-12H,9-10H2,1-3H3. The Morgan fingerprint density at radius 2 is 2.04 bits per heavy atom. The van der Waals surface area contributed by atoms with E-state index in [1.165, 1.54) is 0 Å². The van der Waals surface area contributed by atoms with Crippen molar-refractivity contribution in [1.82, 2.24) is 9.55 Å². The van der Waals surface area contributed by atoms with Crippen molar-refractivity contribution >= 4 is 32.9 Å². The molecule has 0 aliphatic carbocycles. The van der Waals surface area contributed by atoms with Crippen LogP contribution >= 0.6 is 22.7 Å². The SMILES string of the molecule is COCCn1c(-c2cccc(C)c2)nc2sc(C)c(-c3cccs3)c2c1=O. The number of benzene rings is 1. The van der Waals surface area contributed by atoms with Crippen molar-refractivity contribution in [1.29, 1.82) is 0 Å². The van der Waals surface area contributed by atoms with Gasteiger partial charge in [-0.2, -0.15) is 0 Å². The maximum atomic E-state index is 13.5. The summed E-state index contributed by atoms with van der Waals surface area (Å²) >= 11 is 3.24. The van der Waals surface area contributed by atoms with Gasteiger partial charge in [0.2, 0.25) is 0 Å². The fourth-order valence-corrected chi connectivity index (χ4v) is 5.23. The van der Waals surface area contributed by atoms with Crippen LogP contribution in [0.15, 0.2) is 46.6 Å². The summed E-state index contributed by atoms with van der Waals surface area (Å²) in [5.74, 6) is 0.701. The summed E-state index contributed by atoms with van der Waals surface area (Å²) in [7, 11) is 1.65. The molecule has 138 valence electrons. The van der Waals surface area contributed by atoms with Crippen LogP contribution in [0.3, 0.4) is 0 Å². The molecular formula is C21H20N2O2S2. The highest BCUT2D eigenvalue weighted by Gasteiger charge is 2.20. The summed E-state index contributed by atoms with van der Waals surface area (Å²) in [6.07, 6.45) is 0. The van der Waals surface area contributed by atoms with Crippen molar-refractivity contribution in [3.8, 4) is 21.8 Å². The highest BCUT2D eigenvalue weighted by molar-refractivity contribution is 7.20. The van der Waals surface area contributed by atoms with Crippen LogP contribution in [0.5, 0.6) is 0 Å². The highest BCUT2D eigenvalue weighted by Crippen LogP contribution is 2.38. The molecule has 0 aliphatic heterocycles. The molecule has 6 heteroatoms. The van der Waals surface area contributed by atoms with Crippen molar-refractivity contribution in [3.05, 3.63) is 62.6 Å². The van der Waals surface area contributed by atoms with Crippen LogP contribution in [0.25, 0.3) is 32.0 Å². The Hall–Kier alpha value is -2.28. The van der Waals surface area contributed by atoms with E-state index in [-0.39, 0.29) is 5.56 Å². The fourth-order valence-electron chi connectivity index (χ4n) is 3.31. The van der Waals surface area contributed by atoms with Gasteiger partial charge in [-0.3, -0.25) is 9.36 Å². The Balaban J connectivity index is 2.04. The van der Waals surface area contributed by atoms with Gasteiger partial charge in [-0.25, -0.2) is 4.98 Å². The van der Waals surface area contributed by atoms with E-state index in [4.69, 9.17) is 9.72 Å². The molecule has 0 unspecified atom stereocenters. The van der Waals surface area contributed by atoms with Crippen LogP contribution in [0.1, 0.15) is 10.4 Å². The first-order valence-corrected chi connectivity index (χ1v) is 10.4. The highest BCUT2D eigenvalue weighted by atomic mass is 32.1. The van der Waals surface area contributed by atoms with Crippen LogP contribution in [-0.2, 0) is 11.3 Å². The third-order valence-electron chi connectivity index (χ3n) is 4.55. The van der Waals surface area contributed by atoms with Gasteiger partial charge >= 0.3 is 0 Å². The summed E-state index contributed by atoms with van der Waals surface area (Å²) < 4.78 is 7.01. The van der Waals surface area contributed by atoms with Crippen LogP contribution in [0, 0.1) is 13.8 Å². The summed E-state index contributed by atoms with van der Waals surface area (Å²) in [5, 5.41) is 2.75. The molecule has 0 bridgehead atoms. The number of thiophene rings is 2. The van der Waals surface area contributed by atoms with Gasteiger partial charge < -0.3 is 4.74 Å². The Bertz CT molecular complexity index is 1160. The monoisotopic (exact) mass is 396 g/mol. The number of ether oxygens (including phenoxy) is 1. The van der Waals surface area contributed by atoms with Crippen molar-refractivity contribution in [3.63, 3.8) is 0 Å². The molecule has 27 heavy (non-hydrogen) atoms. The predicted octanol–water partition coefficient (Wildman–Crippen LogP) is 5.12. The maximum absolute atomic E-state index is 13.5. The lowest BCUT2D eigenvalue weighted by Gasteiger charge is -2.13. The minimum Gasteiger partial charge on any atom is -0.383 e. The summed E-state index contributed by atoms with van der Waals surface area (Å²) in [4.78, 5) is 21.5. The number of rotatable bonds is 5. The number of fused-ring (bicyclic) bond motifs is 1. The first-order valence-electron chi connectivity index (χ1n) is 8.74. The molecule has 3 heterocycles. The average Bonchev–Trinajstić information content (AvgIpc) is 3.27. The molecule has 4 aromatic rings. The van der Waals surface area contributed by atoms with E-state index < -0.39 is 0 Å². The van der Waals surface area contributed by atoms with Crippen LogP contribution in [0.4, 0.5) is 0 Å². The molecule has 4 nitrogen and oxygen atoms in total. The number of hydrogen-bond acceptors (Lipinski definition) is 5. The fraction of sp³-hybridized carbons (Fsp3) is 0.238. The van der Waals surface area contributed by atoms with Crippen molar-refractivity contribution < 1.29 is 4.74 Å². The predicted molar refractivity (Wildman–Crippen MR) is 114 cm³/mol. The smallest absolute Gasteiger partial charge is 0.263 e. The topological polar surface area (TPSA) is 44.1 Å². The van der Waals surface area contributed by atoms with Gasteiger partial charge in [-0.05, 0) is 31.4 Å². The second kappa shape index (κ2) is 7.38. The van der Waals surface area contributed by atoms with Crippen LogP contribution < -0.4 is 5.56 Å². The summed E-state index contributed by atoms with van der Waals surface area (Å²) in [6.45, 7) is 5.04. The van der Waals surface area contributed by atoms with Crippen LogP contribution in [0.2, 0.25) is 0 Å². The van der Waals surface area contributed by atoms with Gasteiger partial charge in [0, 0.05) is 28.0 Å². The molecule has 4 rings (SSSR count). The van der Waals surface area contributed by atoms with E-state index in [1.54, 1.807) is 34.4 Å². The minimum absolute atomic E-state index is 0.00121. The third-order valence-corrected chi connectivity index (χ3v) is 6.44. The van der Waals surface area contributed by atoms with E-state index in [9.17, 15) is 4.79 Å². The van der Waals surface area contributed by atoms with Gasteiger partial charge in [0.05, 0.1) is 18.5 Å². The quantitative estimate of drug-likeness (QED) is 0.470. The van der Waals surface area contributed by atoms with Crippen molar-refractivity contribution in [2.24, 2.45) is 0 Å². The van der Waals surface area contributed by atoms with Crippen molar-refractivity contribution in [2.45, 2.75) is 20.4 Å². The Kier molecular flexibility index (Phi) is 4.95. The number of aryl methyl sites for hydroxylation is 2.